The summed E-state index contributed by atoms with van der Waals surface area (Å²) in [5.74, 6) is -0.810. The maximum atomic E-state index is 12.5. The van der Waals surface area contributed by atoms with Crippen LogP contribution in [0.4, 0.5) is 0 Å². The number of carboxylic acids is 1. The topological polar surface area (TPSA) is 66.4 Å². The van der Waals surface area contributed by atoms with Gasteiger partial charge in [-0.15, -0.1) is 0 Å². The van der Waals surface area contributed by atoms with Crippen molar-refractivity contribution in [1.29, 1.82) is 0 Å². The van der Waals surface area contributed by atoms with Crippen LogP contribution in [0.3, 0.4) is 0 Å². The first kappa shape index (κ1) is 15.5. The second kappa shape index (κ2) is 6.29. The van der Waals surface area contributed by atoms with Crippen LogP contribution in [0, 0.1) is 19.8 Å². The van der Waals surface area contributed by atoms with Crippen LogP contribution in [0.15, 0.2) is 12.1 Å². The van der Waals surface area contributed by atoms with Crippen LogP contribution in [-0.4, -0.2) is 23.0 Å². The van der Waals surface area contributed by atoms with Gasteiger partial charge in [0.25, 0.3) is 5.91 Å². The number of carboxylic acid groups (broad SMARTS) is 1. The number of carbonyl (C=O) groups is 2. The van der Waals surface area contributed by atoms with Crippen molar-refractivity contribution >= 4 is 11.9 Å². The molecule has 1 atom stereocenters. The van der Waals surface area contributed by atoms with E-state index in [0.29, 0.717) is 22.6 Å². The molecule has 4 nitrogen and oxygen atoms in total. The van der Waals surface area contributed by atoms with Crippen LogP contribution in [0.2, 0.25) is 0 Å². The minimum Gasteiger partial charge on any atom is -0.478 e. The number of aryl methyl sites for hydroxylation is 2. The Morgan fingerprint density at radius 1 is 1.14 bits per heavy atom. The van der Waals surface area contributed by atoms with Crippen molar-refractivity contribution in [3.05, 3.63) is 34.4 Å². The lowest BCUT2D eigenvalue weighted by Crippen LogP contribution is -2.38. The van der Waals surface area contributed by atoms with E-state index in [4.69, 9.17) is 0 Å². The molecule has 1 saturated carbocycles. The van der Waals surface area contributed by atoms with E-state index < -0.39 is 5.97 Å². The summed E-state index contributed by atoms with van der Waals surface area (Å²) in [5, 5.41) is 12.4. The van der Waals surface area contributed by atoms with E-state index in [2.05, 4.69) is 5.32 Å². The molecule has 0 radical (unpaired) electrons. The Kier molecular flexibility index (Phi) is 4.66. The van der Waals surface area contributed by atoms with E-state index in [1.165, 1.54) is 12.8 Å². The lowest BCUT2D eigenvalue weighted by molar-refractivity contribution is 0.0689. The fourth-order valence-corrected chi connectivity index (χ4v) is 3.23. The molecule has 1 amide bonds. The van der Waals surface area contributed by atoms with E-state index in [1.54, 1.807) is 26.0 Å². The van der Waals surface area contributed by atoms with E-state index in [9.17, 15) is 14.7 Å². The molecular formula is C17H23NO3. The van der Waals surface area contributed by atoms with Gasteiger partial charge in [0.1, 0.15) is 0 Å². The molecule has 2 N–H and O–H groups in total. The predicted octanol–water partition coefficient (Wildman–Crippen LogP) is 3.31. The number of benzene rings is 1. The van der Waals surface area contributed by atoms with Gasteiger partial charge in [0.15, 0.2) is 0 Å². The lowest BCUT2D eigenvalue weighted by atomic mass is 9.95. The first-order chi connectivity index (χ1) is 9.91. The van der Waals surface area contributed by atoms with Crippen LogP contribution in [0.25, 0.3) is 0 Å². The first-order valence-corrected chi connectivity index (χ1v) is 7.56. The molecule has 0 aromatic heterocycles. The summed E-state index contributed by atoms with van der Waals surface area (Å²) in [7, 11) is 0. The Hall–Kier alpha value is -1.84. The number of hydrogen-bond acceptors (Lipinski definition) is 2. The van der Waals surface area contributed by atoms with Gasteiger partial charge in [0.05, 0.1) is 11.1 Å². The molecule has 1 aromatic rings. The first-order valence-electron chi connectivity index (χ1n) is 7.56. The van der Waals surface area contributed by atoms with Crippen molar-refractivity contribution < 1.29 is 14.7 Å². The summed E-state index contributed by atoms with van der Waals surface area (Å²) in [6.45, 7) is 5.51. The third-order valence-electron chi connectivity index (χ3n) is 4.53. The number of carbonyl (C=O) groups excluding carboxylic acids is 1. The van der Waals surface area contributed by atoms with Gasteiger partial charge in [-0.2, -0.15) is 0 Å². The zero-order valence-electron chi connectivity index (χ0n) is 12.9. The molecule has 0 unspecified atom stereocenters. The lowest BCUT2D eigenvalue weighted by Gasteiger charge is -2.21. The highest BCUT2D eigenvalue weighted by Gasteiger charge is 2.26. The largest absolute Gasteiger partial charge is 0.478 e. The van der Waals surface area contributed by atoms with Gasteiger partial charge in [-0.05, 0) is 50.7 Å². The molecule has 0 aliphatic heterocycles. The molecule has 1 aliphatic carbocycles. The quantitative estimate of drug-likeness (QED) is 0.893. The predicted molar refractivity (Wildman–Crippen MR) is 81.8 cm³/mol. The Morgan fingerprint density at radius 3 is 2.19 bits per heavy atom. The summed E-state index contributed by atoms with van der Waals surface area (Å²) in [6, 6.07) is 3.63. The zero-order chi connectivity index (χ0) is 15.6. The Balaban J connectivity index is 2.26. The Labute approximate surface area is 125 Å². The smallest absolute Gasteiger partial charge is 0.336 e. The fourth-order valence-electron chi connectivity index (χ4n) is 3.23. The summed E-state index contributed by atoms with van der Waals surface area (Å²) in [5.41, 5.74) is 1.74. The van der Waals surface area contributed by atoms with Gasteiger partial charge in [0.2, 0.25) is 0 Å². The molecule has 1 aliphatic rings. The molecule has 4 heteroatoms. The van der Waals surface area contributed by atoms with Crippen LogP contribution in [-0.2, 0) is 0 Å². The standard InChI is InChI=1S/C17H23NO3/c1-10-8-9-11(2)15(17(20)21)14(10)16(19)18-12(3)13-6-4-5-7-13/h8-9,12-13H,4-7H2,1-3H3,(H,18,19)(H,20,21)/t12-/m0/s1. The van der Waals surface area contributed by atoms with Crippen LogP contribution >= 0.6 is 0 Å². The highest BCUT2D eigenvalue weighted by atomic mass is 16.4. The minimum atomic E-state index is -1.05. The molecule has 21 heavy (non-hydrogen) atoms. The normalized spacial score (nSPS) is 16.7. The average Bonchev–Trinajstić information content (AvgIpc) is 2.94. The highest BCUT2D eigenvalue weighted by Crippen LogP contribution is 2.28. The van der Waals surface area contributed by atoms with Crippen molar-refractivity contribution in [3.63, 3.8) is 0 Å². The maximum absolute atomic E-state index is 12.5. The highest BCUT2D eigenvalue weighted by molar-refractivity contribution is 6.06. The second-order valence-electron chi connectivity index (χ2n) is 6.06. The van der Waals surface area contributed by atoms with Crippen LogP contribution in [0.1, 0.15) is 64.4 Å². The third-order valence-corrected chi connectivity index (χ3v) is 4.53. The second-order valence-corrected chi connectivity index (χ2v) is 6.06. The monoisotopic (exact) mass is 289 g/mol. The molecule has 0 heterocycles. The molecule has 0 spiro atoms. The number of amides is 1. The molecule has 0 bridgehead atoms. The van der Waals surface area contributed by atoms with Gasteiger partial charge in [-0.25, -0.2) is 4.79 Å². The van der Waals surface area contributed by atoms with E-state index in [0.717, 1.165) is 12.8 Å². The van der Waals surface area contributed by atoms with Crippen molar-refractivity contribution in [2.45, 2.75) is 52.5 Å². The van der Waals surface area contributed by atoms with Crippen molar-refractivity contribution in [3.8, 4) is 0 Å². The molecule has 114 valence electrons. The summed E-state index contributed by atoms with van der Waals surface area (Å²) in [4.78, 5) is 24.0. The van der Waals surface area contributed by atoms with Crippen molar-refractivity contribution in [2.24, 2.45) is 5.92 Å². The maximum Gasteiger partial charge on any atom is 0.336 e. The number of nitrogens with one attached hydrogen (secondary N) is 1. The minimum absolute atomic E-state index is 0.0848. The Bertz CT molecular complexity index is 559. The Morgan fingerprint density at radius 2 is 1.67 bits per heavy atom. The SMILES string of the molecule is Cc1ccc(C)c(C(=O)N[C@@H](C)C2CCCC2)c1C(=O)O. The van der Waals surface area contributed by atoms with Crippen LogP contribution < -0.4 is 5.32 Å². The number of rotatable bonds is 4. The van der Waals surface area contributed by atoms with Crippen molar-refractivity contribution in [2.75, 3.05) is 0 Å². The molecule has 2 rings (SSSR count). The van der Waals surface area contributed by atoms with E-state index >= 15 is 0 Å². The van der Waals surface area contributed by atoms with E-state index in [-0.39, 0.29) is 17.5 Å². The zero-order valence-corrected chi connectivity index (χ0v) is 12.9. The summed E-state index contributed by atoms with van der Waals surface area (Å²) >= 11 is 0. The number of hydrogen-bond donors (Lipinski definition) is 2. The van der Waals surface area contributed by atoms with Crippen molar-refractivity contribution in [1.82, 2.24) is 5.32 Å². The van der Waals surface area contributed by atoms with Gasteiger partial charge in [-0.1, -0.05) is 25.0 Å². The molecule has 1 aromatic carbocycles. The molecule has 0 saturated heterocycles. The number of aromatic carboxylic acids is 1. The van der Waals surface area contributed by atoms with Gasteiger partial charge < -0.3 is 10.4 Å². The average molecular weight is 289 g/mol. The van der Waals surface area contributed by atoms with Gasteiger partial charge in [0, 0.05) is 6.04 Å². The molecular weight excluding hydrogens is 266 g/mol. The van der Waals surface area contributed by atoms with Gasteiger partial charge in [-0.3, -0.25) is 4.79 Å². The fraction of sp³-hybridized carbons (Fsp3) is 0.529. The summed E-state index contributed by atoms with van der Waals surface area (Å²) < 4.78 is 0. The molecule has 1 fully saturated rings. The van der Waals surface area contributed by atoms with Gasteiger partial charge >= 0.3 is 5.97 Å². The summed E-state index contributed by atoms with van der Waals surface area (Å²) in [6.07, 6.45) is 4.71. The van der Waals surface area contributed by atoms with Crippen LogP contribution in [0.5, 0.6) is 0 Å². The third kappa shape index (κ3) is 3.26. The van der Waals surface area contributed by atoms with E-state index in [1.807, 2.05) is 6.92 Å².